The number of rotatable bonds is 5. The standard InChI is InChI=1S/C21H20N4O3/c1-2-14-3-5-15(6-4-14)24-20-12-17(22-13-23-20)21(26)25-16-7-8-18-19(11-16)28-10-9-27-18/h3-8,11-13H,2,9-10H2,1H3,(H,25,26)(H,22,23,24). The molecule has 1 aromatic heterocycles. The Hall–Kier alpha value is -3.61. The lowest BCUT2D eigenvalue weighted by Crippen LogP contribution is -2.17. The van der Waals surface area contributed by atoms with Gasteiger partial charge in [0.25, 0.3) is 5.91 Å². The van der Waals surface area contributed by atoms with Crippen LogP contribution in [0.5, 0.6) is 11.5 Å². The number of hydrogen-bond acceptors (Lipinski definition) is 6. The topological polar surface area (TPSA) is 85.4 Å². The lowest BCUT2D eigenvalue weighted by molar-refractivity contribution is 0.102. The van der Waals surface area contributed by atoms with Gasteiger partial charge in [0.1, 0.15) is 31.1 Å². The van der Waals surface area contributed by atoms with Crippen molar-refractivity contribution < 1.29 is 14.3 Å². The minimum atomic E-state index is -0.330. The Labute approximate surface area is 162 Å². The molecule has 142 valence electrons. The molecule has 4 rings (SSSR count). The average Bonchev–Trinajstić information content (AvgIpc) is 2.74. The van der Waals surface area contributed by atoms with Gasteiger partial charge in [-0.2, -0.15) is 0 Å². The van der Waals surface area contributed by atoms with E-state index in [-0.39, 0.29) is 11.6 Å². The number of carbonyl (C=O) groups is 1. The van der Waals surface area contributed by atoms with E-state index in [9.17, 15) is 4.79 Å². The summed E-state index contributed by atoms with van der Waals surface area (Å²) in [6.07, 6.45) is 2.35. The van der Waals surface area contributed by atoms with Crippen LogP contribution in [-0.4, -0.2) is 29.1 Å². The van der Waals surface area contributed by atoms with Gasteiger partial charge in [-0.15, -0.1) is 0 Å². The van der Waals surface area contributed by atoms with Gasteiger partial charge in [-0.25, -0.2) is 9.97 Å². The van der Waals surface area contributed by atoms with E-state index in [0.717, 1.165) is 12.1 Å². The third-order valence-electron chi connectivity index (χ3n) is 4.33. The first-order valence-electron chi connectivity index (χ1n) is 9.10. The van der Waals surface area contributed by atoms with Crippen molar-refractivity contribution in [3.05, 3.63) is 66.1 Å². The number of carbonyl (C=O) groups excluding carboxylic acids is 1. The fourth-order valence-corrected chi connectivity index (χ4v) is 2.84. The largest absolute Gasteiger partial charge is 0.486 e. The van der Waals surface area contributed by atoms with Crippen molar-refractivity contribution in [2.24, 2.45) is 0 Å². The van der Waals surface area contributed by atoms with Crippen molar-refractivity contribution in [1.29, 1.82) is 0 Å². The first-order valence-corrected chi connectivity index (χ1v) is 9.10. The minimum absolute atomic E-state index is 0.262. The van der Waals surface area contributed by atoms with E-state index in [4.69, 9.17) is 9.47 Å². The predicted molar refractivity (Wildman–Crippen MR) is 107 cm³/mol. The summed E-state index contributed by atoms with van der Waals surface area (Å²) in [5.74, 6) is 1.51. The molecule has 2 heterocycles. The number of anilines is 3. The van der Waals surface area contributed by atoms with E-state index in [0.29, 0.717) is 36.2 Å². The molecule has 0 saturated heterocycles. The summed E-state index contributed by atoms with van der Waals surface area (Å²) in [5.41, 5.74) is 3.02. The number of amides is 1. The van der Waals surface area contributed by atoms with Crippen LogP contribution >= 0.6 is 0 Å². The fourth-order valence-electron chi connectivity index (χ4n) is 2.84. The second-order valence-corrected chi connectivity index (χ2v) is 6.28. The Balaban J connectivity index is 1.46. The average molecular weight is 376 g/mol. The summed E-state index contributed by atoms with van der Waals surface area (Å²) >= 11 is 0. The van der Waals surface area contributed by atoms with Crippen LogP contribution in [0, 0.1) is 0 Å². The maximum atomic E-state index is 12.6. The monoisotopic (exact) mass is 376 g/mol. The molecule has 0 saturated carbocycles. The quantitative estimate of drug-likeness (QED) is 0.704. The first kappa shape index (κ1) is 17.8. The SMILES string of the molecule is CCc1ccc(Nc2cc(C(=O)Nc3ccc4c(c3)OCCO4)ncn2)cc1. The smallest absolute Gasteiger partial charge is 0.274 e. The number of aromatic nitrogens is 2. The molecule has 0 atom stereocenters. The number of ether oxygens (including phenoxy) is 2. The molecule has 3 aromatic rings. The third kappa shape index (κ3) is 4.03. The van der Waals surface area contributed by atoms with Crippen LogP contribution in [-0.2, 0) is 6.42 Å². The second-order valence-electron chi connectivity index (χ2n) is 6.28. The van der Waals surface area contributed by atoms with E-state index in [2.05, 4.69) is 39.7 Å². The summed E-state index contributed by atoms with van der Waals surface area (Å²) in [5, 5.41) is 6.01. The summed E-state index contributed by atoms with van der Waals surface area (Å²) in [4.78, 5) is 20.8. The van der Waals surface area contributed by atoms with Crippen LogP contribution in [0.25, 0.3) is 0 Å². The molecular formula is C21H20N4O3. The highest BCUT2D eigenvalue weighted by Crippen LogP contribution is 2.32. The van der Waals surface area contributed by atoms with Crippen LogP contribution in [0.1, 0.15) is 23.0 Å². The van der Waals surface area contributed by atoms with E-state index in [1.165, 1.54) is 11.9 Å². The number of nitrogens with zero attached hydrogens (tertiary/aromatic N) is 2. The second kappa shape index (κ2) is 7.96. The van der Waals surface area contributed by atoms with Gasteiger partial charge in [0, 0.05) is 23.5 Å². The third-order valence-corrected chi connectivity index (χ3v) is 4.33. The predicted octanol–water partition coefficient (Wildman–Crippen LogP) is 3.81. The number of fused-ring (bicyclic) bond motifs is 1. The van der Waals surface area contributed by atoms with Crippen LogP contribution in [0.3, 0.4) is 0 Å². The maximum absolute atomic E-state index is 12.6. The van der Waals surface area contributed by atoms with Crippen molar-refractivity contribution in [3.8, 4) is 11.5 Å². The van der Waals surface area contributed by atoms with Crippen LogP contribution in [0.4, 0.5) is 17.2 Å². The zero-order chi connectivity index (χ0) is 19.3. The fraction of sp³-hybridized carbons (Fsp3) is 0.190. The highest BCUT2D eigenvalue weighted by atomic mass is 16.6. The molecule has 0 unspecified atom stereocenters. The number of nitrogens with one attached hydrogen (secondary N) is 2. The summed E-state index contributed by atoms with van der Waals surface area (Å²) in [7, 11) is 0. The summed E-state index contributed by atoms with van der Waals surface area (Å²) in [6.45, 7) is 3.13. The van der Waals surface area contributed by atoms with Crippen molar-refractivity contribution in [1.82, 2.24) is 9.97 Å². The van der Waals surface area contributed by atoms with Gasteiger partial charge in [-0.1, -0.05) is 19.1 Å². The maximum Gasteiger partial charge on any atom is 0.274 e. The van der Waals surface area contributed by atoms with Crippen LogP contribution in [0.15, 0.2) is 54.9 Å². The van der Waals surface area contributed by atoms with Gasteiger partial charge >= 0.3 is 0 Å². The Morgan fingerprint density at radius 1 is 0.964 bits per heavy atom. The highest BCUT2D eigenvalue weighted by molar-refractivity contribution is 6.03. The van der Waals surface area contributed by atoms with Crippen molar-refractivity contribution in [2.45, 2.75) is 13.3 Å². The molecule has 28 heavy (non-hydrogen) atoms. The molecule has 0 bridgehead atoms. The number of hydrogen-bond donors (Lipinski definition) is 2. The van der Waals surface area contributed by atoms with Crippen LogP contribution < -0.4 is 20.1 Å². The summed E-state index contributed by atoms with van der Waals surface area (Å²) in [6, 6.07) is 15.0. The van der Waals surface area contributed by atoms with E-state index < -0.39 is 0 Å². The molecular weight excluding hydrogens is 356 g/mol. The van der Waals surface area contributed by atoms with E-state index in [1.807, 2.05) is 12.1 Å². The van der Waals surface area contributed by atoms with E-state index >= 15 is 0 Å². The molecule has 1 aliphatic heterocycles. The Bertz CT molecular complexity index is 989. The molecule has 0 spiro atoms. The molecule has 7 nitrogen and oxygen atoms in total. The molecule has 0 fully saturated rings. The van der Waals surface area contributed by atoms with Gasteiger partial charge in [0.15, 0.2) is 11.5 Å². The molecule has 1 amide bonds. The van der Waals surface area contributed by atoms with Gasteiger partial charge in [0.05, 0.1) is 0 Å². The Morgan fingerprint density at radius 3 is 2.50 bits per heavy atom. The lowest BCUT2D eigenvalue weighted by Gasteiger charge is -2.19. The van der Waals surface area contributed by atoms with Crippen molar-refractivity contribution >= 4 is 23.1 Å². The molecule has 2 aromatic carbocycles. The van der Waals surface area contributed by atoms with E-state index in [1.54, 1.807) is 24.3 Å². The summed E-state index contributed by atoms with van der Waals surface area (Å²) < 4.78 is 11.0. The first-order chi connectivity index (χ1) is 13.7. The number of benzene rings is 2. The van der Waals surface area contributed by atoms with Gasteiger partial charge in [-0.3, -0.25) is 4.79 Å². The Morgan fingerprint density at radius 2 is 1.71 bits per heavy atom. The molecule has 0 radical (unpaired) electrons. The molecule has 1 aliphatic rings. The zero-order valence-electron chi connectivity index (χ0n) is 15.4. The Kier molecular flexibility index (Phi) is 5.05. The molecule has 0 aliphatic carbocycles. The lowest BCUT2D eigenvalue weighted by atomic mass is 10.1. The van der Waals surface area contributed by atoms with Crippen molar-refractivity contribution in [2.75, 3.05) is 23.8 Å². The molecule has 7 heteroatoms. The van der Waals surface area contributed by atoms with Gasteiger partial charge in [0.2, 0.25) is 0 Å². The van der Waals surface area contributed by atoms with Gasteiger partial charge in [-0.05, 0) is 36.2 Å². The van der Waals surface area contributed by atoms with Gasteiger partial charge < -0.3 is 20.1 Å². The highest BCUT2D eigenvalue weighted by Gasteiger charge is 2.14. The van der Waals surface area contributed by atoms with Crippen molar-refractivity contribution in [3.63, 3.8) is 0 Å². The number of aryl methyl sites for hydroxylation is 1. The molecule has 2 N–H and O–H groups in total. The minimum Gasteiger partial charge on any atom is -0.486 e. The van der Waals surface area contributed by atoms with Crippen LogP contribution in [0.2, 0.25) is 0 Å². The zero-order valence-corrected chi connectivity index (χ0v) is 15.4. The normalized spacial score (nSPS) is 12.3.